The summed E-state index contributed by atoms with van der Waals surface area (Å²) in [5, 5.41) is 18.4. The molecule has 1 aromatic heterocycles. The van der Waals surface area contributed by atoms with Crippen LogP contribution in [0.1, 0.15) is 16.8 Å². The van der Waals surface area contributed by atoms with Gasteiger partial charge in [0, 0.05) is 25.4 Å². The zero-order valence-electron chi connectivity index (χ0n) is 12.1. The van der Waals surface area contributed by atoms with E-state index in [0.717, 1.165) is 5.69 Å². The minimum Gasteiger partial charge on any atom is -0.377 e. The van der Waals surface area contributed by atoms with Crippen LogP contribution in [0.15, 0.2) is 29.1 Å². The molecule has 1 N–H and O–H groups in total. The second-order valence-corrected chi connectivity index (χ2v) is 4.92. The lowest BCUT2D eigenvalue weighted by Crippen LogP contribution is -2.13. The van der Waals surface area contributed by atoms with Crippen LogP contribution in [0, 0.1) is 29.6 Å². The number of hydrogen-bond acceptors (Lipinski definition) is 4. The summed E-state index contributed by atoms with van der Waals surface area (Å²) in [7, 11) is 3.71. The number of nitrogens with zero attached hydrogens (tertiary/aromatic N) is 3. The summed E-state index contributed by atoms with van der Waals surface area (Å²) < 4.78 is 0. The number of rotatable bonds is 2. The van der Waals surface area contributed by atoms with Crippen molar-refractivity contribution in [2.45, 2.75) is 6.92 Å². The number of nitrogens with one attached hydrogen (secondary N) is 1. The van der Waals surface area contributed by atoms with E-state index in [1.807, 2.05) is 37.2 Å². The Kier molecular flexibility index (Phi) is 3.77. The lowest BCUT2D eigenvalue weighted by molar-refractivity contribution is 1.12. The molecule has 0 aliphatic rings. The third-order valence-electron chi connectivity index (χ3n) is 3.19. The third kappa shape index (κ3) is 2.63. The quantitative estimate of drug-likeness (QED) is 0.912. The number of aromatic nitrogens is 1. The molecule has 0 atom stereocenters. The van der Waals surface area contributed by atoms with Gasteiger partial charge in [-0.2, -0.15) is 10.5 Å². The van der Waals surface area contributed by atoms with Crippen LogP contribution in [-0.2, 0) is 0 Å². The first-order valence-corrected chi connectivity index (χ1v) is 6.33. The largest absolute Gasteiger partial charge is 0.377 e. The van der Waals surface area contributed by atoms with E-state index in [4.69, 9.17) is 0 Å². The van der Waals surface area contributed by atoms with Crippen molar-refractivity contribution in [2.75, 3.05) is 19.0 Å². The molecule has 1 heterocycles. The normalized spacial score (nSPS) is 9.76. The first-order valence-electron chi connectivity index (χ1n) is 6.33. The SMILES string of the molecule is Cc1cc(-c2ccc(N(C)C)c(C#N)c2)c(C#N)c(=O)[nH]1. The molecule has 0 amide bonds. The Balaban J connectivity index is 2.73. The highest BCUT2D eigenvalue weighted by atomic mass is 16.1. The molecule has 104 valence electrons. The fraction of sp³-hybridized carbons (Fsp3) is 0.188. The Bertz CT molecular complexity index is 835. The van der Waals surface area contributed by atoms with E-state index in [9.17, 15) is 15.3 Å². The van der Waals surface area contributed by atoms with Gasteiger partial charge in [0.15, 0.2) is 0 Å². The summed E-state index contributed by atoms with van der Waals surface area (Å²) in [6.07, 6.45) is 0. The van der Waals surface area contributed by atoms with Crippen molar-refractivity contribution in [1.82, 2.24) is 4.98 Å². The molecule has 0 fully saturated rings. The van der Waals surface area contributed by atoms with Crippen LogP contribution < -0.4 is 10.5 Å². The number of anilines is 1. The van der Waals surface area contributed by atoms with Gasteiger partial charge in [0.1, 0.15) is 17.7 Å². The maximum absolute atomic E-state index is 11.8. The Morgan fingerprint density at radius 3 is 2.43 bits per heavy atom. The summed E-state index contributed by atoms with van der Waals surface area (Å²) in [6.45, 7) is 1.76. The molecular weight excluding hydrogens is 264 g/mol. The lowest BCUT2D eigenvalue weighted by Gasteiger charge is -2.15. The van der Waals surface area contributed by atoms with Crippen LogP contribution in [0.5, 0.6) is 0 Å². The summed E-state index contributed by atoms with van der Waals surface area (Å²) in [4.78, 5) is 16.3. The Morgan fingerprint density at radius 2 is 1.86 bits per heavy atom. The Morgan fingerprint density at radius 1 is 1.14 bits per heavy atom. The predicted molar refractivity (Wildman–Crippen MR) is 81.0 cm³/mol. The monoisotopic (exact) mass is 278 g/mol. The fourth-order valence-electron chi connectivity index (χ4n) is 2.21. The van der Waals surface area contributed by atoms with Crippen LogP contribution in [0.4, 0.5) is 5.69 Å². The van der Waals surface area contributed by atoms with Gasteiger partial charge in [-0.25, -0.2) is 0 Å². The average molecular weight is 278 g/mol. The van der Waals surface area contributed by atoms with Crippen molar-refractivity contribution in [2.24, 2.45) is 0 Å². The molecule has 0 saturated carbocycles. The van der Waals surface area contributed by atoms with E-state index in [0.29, 0.717) is 22.4 Å². The molecule has 0 unspecified atom stereocenters. The van der Waals surface area contributed by atoms with Gasteiger partial charge in [-0.15, -0.1) is 0 Å². The van der Waals surface area contributed by atoms with Crippen molar-refractivity contribution < 1.29 is 0 Å². The van der Waals surface area contributed by atoms with E-state index >= 15 is 0 Å². The zero-order valence-corrected chi connectivity index (χ0v) is 12.1. The molecule has 0 bridgehead atoms. The Labute approximate surface area is 122 Å². The molecule has 21 heavy (non-hydrogen) atoms. The molecule has 0 spiro atoms. The number of nitriles is 2. The molecule has 0 aliphatic carbocycles. The number of aromatic amines is 1. The molecular formula is C16H14N4O. The molecule has 0 aliphatic heterocycles. The smallest absolute Gasteiger partial charge is 0.266 e. The van der Waals surface area contributed by atoms with Gasteiger partial charge in [-0.05, 0) is 30.7 Å². The number of aryl methyl sites for hydroxylation is 1. The minimum atomic E-state index is -0.414. The maximum atomic E-state index is 11.8. The second kappa shape index (κ2) is 5.52. The predicted octanol–water partition coefficient (Wildman–Crippen LogP) is 2.16. The highest BCUT2D eigenvalue weighted by Crippen LogP contribution is 2.27. The van der Waals surface area contributed by atoms with E-state index in [-0.39, 0.29) is 5.56 Å². The maximum Gasteiger partial charge on any atom is 0.266 e. The van der Waals surface area contributed by atoms with Crippen LogP contribution in [0.2, 0.25) is 0 Å². The molecule has 1 aromatic carbocycles. The summed E-state index contributed by atoms with van der Waals surface area (Å²) >= 11 is 0. The fourth-order valence-corrected chi connectivity index (χ4v) is 2.21. The summed E-state index contributed by atoms with van der Waals surface area (Å²) in [5.41, 5.74) is 2.83. The molecule has 5 heteroatoms. The zero-order chi connectivity index (χ0) is 15.6. The first kappa shape index (κ1) is 14.4. The van der Waals surface area contributed by atoms with Gasteiger partial charge in [-0.1, -0.05) is 6.07 Å². The molecule has 5 nitrogen and oxygen atoms in total. The van der Waals surface area contributed by atoms with Crippen LogP contribution in [0.3, 0.4) is 0 Å². The molecule has 0 saturated heterocycles. The standard InChI is InChI=1S/C16H14N4O/c1-10-6-13(14(9-18)16(21)19-10)11-4-5-15(20(2)3)12(7-11)8-17/h4-7H,1-3H3,(H,19,21). The van der Waals surface area contributed by atoms with Crippen LogP contribution in [-0.4, -0.2) is 19.1 Å². The van der Waals surface area contributed by atoms with Gasteiger partial charge in [0.2, 0.25) is 0 Å². The van der Waals surface area contributed by atoms with E-state index in [2.05, 4.69) is 11.1 Å². The number of H-pyrrole nitrogens is 1. The van der Waals surface area contributed by atoms with Crippen molar-refractivity contribution in [3.05, 3.63) is 51.4 Å². The van der Waals surface area contributed by atoms with Crippen molar-refractivity contribution >= 4 is 5.69 Å². The molecule has 2 rings (SSSR count). The topological polar surface area (TPSA) is 83.7 Å². The second-order valence-electron chi connectivity index (χ2n) is 4.92. The first-order chi connectivity index (χ1) is 9.97. The van der Waals surface area contributed by atoms with Crippen molar-refractivity contribution in [3.8, 4) is 23.3 Å². The highest BCUT2D eigenvalue weighted by Gasteiger charge is 2.12. The van der Waals surface area contributed by atoms with Crippen LogP contribution >= 0.6 is 0 Å². The van der Waals surface area contributed by atoms with Gasteiger partial charge in [0.05, 0.1) is 11.3 Å². The van der Waals surface area contributed by atoms with Crippen LogP contribution in [0.25, 0.3) is 11.1 Å². The third-order valence-corrected chi connectivity index (χ3v) is 3.19. The number of benzene rings is 1. The minimum absolute atomic E-state index is 0.0575. The molecule has 2 aromatic rings. The van der Waals surface area contributed by atoms with Gasteiger partial charge >= 0.3 is 0 Å². The average Bonchev–Trinajstić information content (AvgIpc) is 2.45. The van der Waals surface area contributed by atoms with E-state index in [1.54, 1.807) is 19.1 Å². The van der Waals surface area contributed by atoms with Crippen molar-refractivity contribution in [3.63, 3.8) is 0 Å². The summed E-state index contributed by atoms with van der Waals surface area (Å²) in [5.74, 6) is 0. The van der Waals surface area contributed by atoms with E-state index in [1.165, 1.54) is 0 Å². The Hall–Kier alpha value is -3.05. The van der Waals surface area contributed by atoms with Crippen molar-refractivity contribution in [1.29, 1.82) is 10.5 Å². The lowest BCUT2D eigenvalue weighted by atomic mass is 9.98. The van der Waals surface area contributed by atoms with Gasteiger partial charge in [-0.3, -0.25) is 4.79 Å². The molecule has 0 radical (unpaired) electrons. The summed E-state index contributed by atoms with van der Waals surface area (Å²) in [6, 6.07) is 11.1. The number of hydrogen-bond donors (Lipinski definition) is 1. The van der Waals surface area contributed by atoms with Gasteiger partial charge < -0.3 is 9.88 Å². The van der Waals surface area contributed by atoms with Gasteiger partial charge in [0.25, 0.3) is 5.56 Å². The number of pyridine rings is 1. The highest BCUT2D eigenvalue weighted by molar-refractivity contribution is 5.75. The van der Waals surface area contributed by atoms with E-state index < -0.39 is 5.56 Å².